The molecule has 0 amide bonds. The molecular weight excluding hydrogens is 192 g/mol. The second-order valence-electron chi connectivity index (χ2n) is 2.93. The summed E-state index contributed by atoms with van der Waals surface area (Å²) in [6.45, 7) is 1.76. The van der Waals surface area contributed by atoms with E-state index >= 15 is 0 Å². The summed E-state index contributed by atoms with van der Waals surface area (Å²) in [4.78, 5) is 21.8. The molecule has 0 aliphatic rings. The molecule has 1 aromatic rings. The van der Waals surface area contributed by atoms with E-state index in [0.717, 1.165) is 11.8 Å². The van der Waals surface area contributed by atoms with E-state index in [0.29, 0.717) is 11.1 Å². The van der Waals surface area contributed by atoms with Gasteiger partial charge < -0.3 is 4.74 Å². The third kappa shape index (κ3) is 2.53. The maximum atomic E-state index is 11.3. The van der Waals surface area contributed by atoms with Crippen LogP contribution in [0.4, 0.5) is 0 Å². The molecule has 3 nitrogen and oxygen atoms in total. The van der Waals surface area contributed by atoms with E-state index in [-0.39, 0.29) is 5.97 Å². The van der Waals surface area contributed by atoms with Gasteiger partial charge in [0.05, 0.1) is 12.7 Å². The van der Waals surface area contributed by atoms with Crippen LogP contribution in [0.15, 0.2) is 30.3 Å². The van der Waals surface area contributed by atoms with Gasteiger partial charge in [-0.15, -0.1) is 0 Å². The molecule has 0 N–H and O–H groups in total. The molecule has 0 aliphatic carbocycles. The number of carbonyl (C=O) groups excluding carboxylic acids is 2. The van der Waals surface area contributed by atoms with Crippen molar-refractivity contribution in [3.05, 3.63) is 41.5 Å². The Kier molecular flexibility index (Phi) is 3.80. The smallest absolute Gasteiger partial charge is 0.338 e. The van der Waals surface area contributed by atoms with Crippen molar-refractivity contribution >= 4 is 17.8 Å². The Morgan fingerprint density at radius 2 is 1.87 bits per heavy atom. The van der Waals surface area contributed by atoms with Gasteiger partial charge in [-0.25, -0.2) is 4.79 Å². The number of allylic oxidation sites excluding steroid dienone is 1. The van der Waals surface area contributed by atoms with Crippen LogP contribution in [0.1, 0.15) is 22.8 Å². The third-order valence-electron chi connectivity index (χ3n) is 2.05. The van der Waals surface area contributed by atoms with E-state index in [1.54, 1.807) is 37.3 Å². The summed E-state index contributed by atoms with van der Waals surface area (Å²) in [6, 6.07) is 6.76. The van der Waals surface area contributed by atoms with Gasteiger partial charge in [0.15, 0.2) is 0 Å². The van der Waals surface area contributed by atoms with Gasteiger partial charge in [-0.2, -0.15) is 0 Å². The number of benzene rings is 1. The Labute approximate surface area is 88.4 Å². The van der Waals surface area contributed by atoms with Gasteiger partial charge in [0.25, 0.3) is 0 Å². The zero-order valence-electron chi connectivity index (χ0n) is 8.69. The van der Waals surface area contributed by atoms with Crippen LogP contribution in [0.5, 0.6) is 0 Å². The molecule has 0 unspecified atom stereocenters. The number of methoxy groups -OCH3 is 1. The molecule has 1 aromatic carbocycles. The lowest BCUT2D eigenvalue weighted by Crippen LogP contribution is -2.03. The molecule has 0 radical (unpaired) electrons. The first-order valence-corrected chi connectivity index (χ1v) is 4.53. The largest absolute Gasteiger partial charge is 0.465 e. The number of esters is 1. The van der Waals surface area contributed by atoms with Crippen LogP contribution in [0.3, 0.4) is 0 Å². The van der Waals surface area contributed by atoms with Gasteiger partial charge in [0.1, 0.15) is 6.29 Å². The summed E-state index contributed by atoms with van der Waals surface area (Å²) in [7, 11) is 1.34. The number of carbonyl (C=O) groups is 2. The van der Waals surface area contributed by atoms with Gasteiger partial charge in [0, 0.05) is 5.56 Å². The molecule has 0 atom stereocenters. The topological polar surface area (TPSA) is 43.4 Å². The van der Waals surface area contributed by atoms with Crippen molar-refractivity contribution in [2.75, 3.05) is 7.11 Å². The molecule has 0 saturated carbocycles. The minimum absolute atomic E-state index is 0.378. The Bertz CT molecular complexity index is 388. The fourth-order valence-corrected chi connectivity index (χ4v) is 1.25. The molecule has 0 fully saturated rings. The molecule has 0 aromatic heterocycles. The van der Waals surface area contributed by atoms with Gasteiger partial charge in [0.2, 0.25) is 0 Å². The van der Waals surface area contributed by atoms with Crippen molar-refractivity contribution < 1.29 is 14.3 Å². The van der Waals surface area contributed by atoms with Crippen molar-refractivity contribution in [3.63, 3.8) is 0 Å². The van der Waals surface area contributed by atoms with Crippen molar-refractivity contribution in [2.45, 2.75) is 6.92 Å². The quantitative estimate of drug-likeness (QED) is 0.430. The van der Waals surface area contributed by atoms with Crippen molar-refractivity contribution in [1.82, 2.24) is 0 Å². The highest BCUT2D eigenvalue weighted by molar-refractivity contribution is 6.16. The minimum Gasteiger partial charge on any atom is -0.465 e. The van der Waals surface area contributed by atoms with E-state index in [9.17, 15) is 9.59 Å². The summed E-state index contributed by atoms with van der Waals surface area (Å²) < 4.78 is 4.64. The predicted molar refractivity (Wildman–Crippen MR) is 57.5 cm³/mol. The Hall–Kier alpha value is -1.90. The van der Waals surface area contributed by atoms with E-state index < -0.39 is 0 Å². The summed E-state index contributed by atoms with van der Waals surface area (Å²) in [5, 5.41) is 0. The van der Waals surface area contributed by atoms with Crippen LogP contribution in [0.25, 0.3) is 5.57 Å². The van der Waals surface area contributed by atoms with Crippen molar-refractivity contribution in [1.29, 1.82) is 0 Å². The summed E-state index contributed by atoms with van der Waals surface area (Å²) in [5.41, 5.74) is 1.82. The molecule has 1 rings (SSSR count). The van der Waals surface area contributed by atoms with E-state index in [1.807, 2.05) is 0 Å². The lowest BCUT2D eigenvalue weighted by Gasteiger charge is -2.04. The van der Waals surface area contributed by atoms with Crippen LogP contribution in [-0.4, -0.2) is 19.4 Å². The van der Waals surface area contributed by atoms with E-state index in [1.165, 1.54) is 7.11 Å². The second-order valence-corrected chi connectivity index (χ2v) is 2.93. The van der Waals surface area contributed by atoms with Crippen molar-refractivity contribution in [3.8, 4) is 0 Å². The lowest BCUT2D eigenvalue weighted by molar-refractivity contribution is -0.133. The molecule has 15 heavy (non-hydrogen) atoms. The average Bonchev–Trinajstić information content (AvgIpc) is 2.30. The number of rotatable bonds is 3. The standard InChI is InChI=1S/C12H12O3/c1-3-11(12(14)15-2)10-6-4-9(8-13)5-7-10/h3-8H,1-2H3. The zero-order valence-corrected chi connectivity index (χ0v) is 8.69. The summed E-state index contributed by atoms with van der Waals surface area (Å²) >= 11 is 0. The average molecular weight is 204 g/mol. The molecule has 3 heteroatoms. The SMILES string of the molecule is CC=C(C(=O)OC)c1ccc(C=O)cc1. The monoisotopic (exact) mass is 204 g/mol. The van der Waals surface area contributed by atoms with Gasteiger partial charge in [-0.1, -0.05) is 30.3 Å². The molecular formula is C12H12O3. The Morgan fingerprint density at radius 1 is 1.27 bits per heavy atom. The Morgan fingerprint density at radius 3 is 2.27 bits per heavy atom. The molecule has 0 bridgehead atoms. The number of hydrogen-bond acceptors (Lipinski definition) is 3. The van der Waals surface area contributed by atoms with Gasteiger partial charge in [-0.3, -0.25) is 4.79 Å². The zero-order chi connectivity index (χ0) is 11.3. The highest BCUT2D eigenvalue weighted by Crippen LogP contribution is 2.16. The first kappa shape index (κ1) is 11.2. The number of aldehydes is 1. The van der Waals surface area contributed by atoms with Crippen LogP contribution >= 0.6 is 0 Å². The van der Waals surface area contributed by atoms with Gasteiger partial charge >= 0.3 is 5.97 Å². The van der Waals surface area contributed by atoms with Crippen LogP contribution in [0, 0.1) is 0 Å². The first-order valence-electron chi connectivity index (χ1n) is 4.53. The Balaban J connectivity index is 3.04. The molecule has 0 heterocycles. The third-order valence-corrected chi connectivity index (χ3v) is 2.05. The fourth-order valence-electron chi connectivity index (χ4n) is 1.25. The van der Waals surface area contributed by atoms with Crippen molar-refractivity contribution in [2.24, 2.45) is 0 Å². The van der Waals surface area contributed by atoms with Crippen LogP contribution in [0.2, 0.25) is 0 Å². The molecule has 0 spiro atoms. The normalized spacial score (nSPS) is 10.9. The minimum atomic E-state index is -0.378. The van der Waals surface area contributed by atoms with Gasteiger partial charge in [-0.05, 0) is 12.5 Å². The highest BCUT2D eigenvalue weighted by atomic mass is 16.5. The molecule has 78 valence electrons. The number of ether oxygens (including phenoxy) is 1. The number of hydrogen-bond donors (Lipinski definition) is 0. The first-order chi connectivity index (χ1) is 7.22. The summed E-state index contributed by atoms with van der Waals surface area (Å²) in [5.74, 6) is -0.378. The molecule has 0 aliphatic heterocycles. The lowest BCUT2D eigenvalue weighted by atomic mass is 10.0. The fraction of sp³-hybridized carbons (Fsp3) is 0.167. The second kappa shape index (κ2) is 5.10. The van der Waals surface area contributed by atoms with Crippen LogP contribution in [-0.2, 0) is 9.53 Å². The summed E-state index contributed by atoms with van der Waals surface area (Å²) in [6.07, 6.45) is 2.44. The highest BCUT2D eigenvalue weighted by Gasteiger charge is 2.10. The molecule has 0 saturated heterocycles. The van der Waals surface area contributed by atoms with Crippen LogP contribution < -0.4 is 0 Å². The van der Waals surface area contributed by atoms with E-state index in [4.69, 9.17) is 0 Å². The van der Waals surface area contributed by atoms with E-state index in [2.05, 4.69) is 4.74 Å². The maximum absolute atomic E-state index is 11.3. The predicted octanol–water partition coefficient (Wildman–Crippen LogP) is 2.08. The maximum Gasteiger partial charge on any atom is 0.338 e.